The lowest BCUT2D eigenvalue weighted by Gasteiger charge is -2.18. The van der Waals surface area contributed by atoms with E-state index in [1.165, 1.54) is 0 Å². The van der Waals surface area contributed by atoms with Crippen molar-refractivity contribution in [2.45, 2.75) is 33.3 Å². The molecular weight excluding hydrogens is 260 g/mol. The first-order chi connectivity index (χ1) is 6.72. The van der Waals surface area contributed by atoms with E-state index in [1.807, 2.05) is 27.7 Å². The van der Waals surface area contributed by atoms with E-state index >= 15 is 0 Å². The molecule has 0 aliphatic rings. The van der Waals surface area contributed by atoms with Crippen LogP contribution >= 0.6 is 15.9 Å². The topological polar surface area (TPSA) is 44.1 Å². The average Bonchev–Trinajstić information content (AvgIpc) is 2.30. The van der Waals surface area contributed by atoms with Crippen molar-refractivity contribution < 1.29 is 9.53 Å². The first-order valence-electron chi connectivity index (χ1n) is 4.65. The van der Waals surface area contributed by atoms with E-state index in [0.29, 0.717) is 10.2 Å². The smallest absolute Gasteiger partial charge is 0.360 e. The van der Waals surface area contributed by atoms with E-state index in [0.717, 1.165) is 5.69 Å². The maximum Gasteiger partial charge on any atom is 0.360 e. The van der Waals surface area contributed by atoms with Gasteiger partial charge >= 0.3 is 5.97 Å². The summed E-state index contributed by atoms with van der Waals surface area (Å²) in [6, 6.07) is 0. The zero-order chi connectivity index (χ0) is 11.8. The number of aryl methyl sites for hydroxylation is 1. The fourth-order valence-electron chi connectivity index (χ4n) is 1.04. The molecular formula is C10H15BrN2O2. The molecule has 0 fully saturated rings. The summed E-state index contributed by atoms with van der Waals surface area (Å²) in [5.41, 5.74) is 0.725. The van der Waals surface area contributed by atoms with E-state index < -0.39 is 11.6 Å². The third kappa shape index (κ3) is 2.81. The Kier molecular flexibility index (Phi) is 3.23. The summed E-state index contributed by atoms with van der Waals surface area (Å²) in [5.74, 6) is -0.405. The first-order valence-corrected chi connectivity index (χ1v) is 5.44. The summed E-state index contributed by atoms with van der Waals surface area (Å²) in [4.78, 5) is 11.7. The number of ether oxygens (including phenoxy) is 1. The Bertz CT molecular complexity index is 391. The maximum absolute atomic E-state index is 11.7. The fourth-order valence-corrected chi connectivity index (χ4v) is 1.54. The van der Waals surface area contributed by atoms with Gasteiger partial charge in [0.15, 0.2) is 5.69 Å². The van der Waals surface area contributed by atoms with Gasteiger partial charge < -0.3 is 4.74 Å². The zero-order valence-electron chi connectivity index (χ0n) is 9.59. The highest BCUT2D eigenvalue weighted by Crippen LogP contribution is 2.22. The molecule has 0 radical (unpaired) electrons. The Morgan fingerprint density at radius 3 is 2.33 bits per heavy atom. The zero-order valence-corrected chi connectivity index (χ0v) is 11.2. The molecule has 84 valence electrons. The Labute approximate surface area is 97.7 Å². The van der Waals surface area contributed by atoms with Gasteiger partial charge in [0.1, 0.15) is 5.60 Å². The lowest BCUT2D eigenvalue weighted by Crippen LogP contribution is -2.24. The van der Waals surface area contributed by atoms with Gasteiger partial charge in [0.2, 0.25) is 0 Å². The van der Waals surface area contributed by atoms with E-state index in [-0.39, 0.29) is 0 Å². The van der Waals surface area contributed by atoms with Gasteiger partial charge in [-0.15, -0.1) is 0 Å². The highest BCUT2D eigenvalue weighted by atomic mass is 79.9. The molecule has 0 atom stereocenters. The number of hydrogen-bond acceptors (Lipinski definition) is 3. The number of esters is 1. The van der Waals surface area contributed by atoms with E-state index in [1.54, 1.807) is 11.7 Å². The standard InChI is InChI=1S/C10H15BrN2O2/c1-6-7(11)8(12-13(6)5)9(14)15-10(2,3)4/h1-5H3. The van der Waals surface area contributed by atoms with Gasteiger partial charge in [-0.3, -0.25) is 4.68 Å². The Hall–Kier alpha value is -0.840. The maximum atomic E-state index is 11.7. The summed E-state index contributed by atoms with van der Waals surface area (Å²) in [6.07, 6.45) is 0. The van der Waals surface area contributed by atoms with Crippen LogP contribution in [0.4, 0.5) is 0 Å². The van der Waals surface area contributed by atoms with Gasteiger partial charge in [0.25, 0.3) is 0 Å². The summed E-state index contributed by atoms with van der Waals surface area (Å²) in [5, 5.41) is 4.09. The lowest BCUT2D eigenvalue weighted by atomic mass is 10.2. The Morgan fingerprint density at radius 2 is 2.00 bits per heavy atom. The van der Waals surface area contributed by atoms with E-state index in [9.17, 15) is 4.79 Å². The van der Waals surface area contributed by atoms with Gasteiger partial charge in [-0.05, 0) is 43.6 Å². The normalized spacial score (nSPS) is 11.6. The van der Waals surface area contributed by atoms with Crippen LogP contribution in [-0.2, 0) is 11.8 Å². The van der Waals surface area contributed by atoms with Gasteiger partial charge in [0.05, 0.1) is 10.2 Å². The summed E-state index contributed by atoms with van der Waals surface area (Å²) in [6.45, 7) is 7.36. The fraction of sp³-hybridized carbons (Fsp3) is 0.600. The molecule has 1 heterocycles. The van der Waals surface area contributed by atoms with Gasteiger partial charge in [-0.2, -0.15) is 5.10 Å². The number of halogens is 1. The Balaban J connectivity index is 2.98. The average molecular weight is 275 g/mol. The molecule has 5 heteroatoms. The van der Waals surface area contributed by atoms with Crippen molar-refractivity contribution in [3.05, 3.63) is 15.9 Å². The van der Waals surface area contributed by atoms with Crippen LogP contribution in [-0.4, -0.2) is 21.4 Å². The monoisotopic (exact) mass is 274 g/mol. The van der Waals surface area contributed by atoms with Crippen LogP contribution in [0.15, 0.2) is 4.47 Å². The van der Waals surface area contributed by atoms with Crippen LogP contribution < -0.4 is 0 Å². The van der Waals surface area contributed by atoms with Crippen LogP contribution in [0.2, 0.25) is 0 Å². The molecule has 0 bridgehead atoms. The van der Waals surface area contributed by atoms with Crippen molar-refractivity contribution in [2.24, 2.45) is 7.05 Å². The second kappa shape index (κ2) is 3.96. The number of hydrogen-bond donors (Lipinski definition) is 0. The molecule has 1 aromatic heterocycles. The number of carbonyl (C=O) groups excluding carboxylic acids is 1. The quantitative estimate of drug-likeness (QED) is 0.739. The summed E-state index contributed by atoms with van der Waals surface area (Å²) >= 11 is 3.32. The van der Waals surface area contributed by atoms with Crippen LogP contribution in [0.5, 0.6) is 0 Å². The lowest BCUT2D eigenvalue weighted by molar-refractivity contribution is 0.00610. The molecule has 4 nitrogen and oxygen atoms in total. The highest BCUT2D eigenvalue weighted by molar-refractivity contribution is 9.10. The van der Waals surface area contributed by atoms with Crippen LogP contribution in [0.1, 0.15) is 37.0 Å². The van der Waals surface area contributed by atoms with Crippen molar-refractivity contribution in [1.29, 1.82) is 0 Å². The molecule has 0 unspecified atom stereocenters. The summed E-state index contributed by atoms with van der Waals surface area (Å²) < 4.78 is 7.56. The predicted octanol–water partition coefficient (Wildman–Crippen LogP) is 2.45. The molecule has 0 N–H and O–H groups in total. The third-order valence-electron chi connectivity index (χ3n) is 1.85. The molecule has 0 spiro atoms. The second-order valence-corrected chi connectivity index (χ2v) is 5.17. The first kappa shape index (κ1) is 12.2. The van der Waals surface area contributed by atoms with Crippen molar-refractivity contribution >= 4 is 21.9 Å². The van der Waals surface area contributed by atoms with Crippen LogP contribution in [0.25, 0.3) is 0 Å². The number of nitrogens with zero attached hydrogens (tertiary/aromatic N) is 2. The molecule has 0 aromatic carbocycles. The third-order valence-corrected chi connectivity index (χ3v) is 2.80. The molecule has 0 amide bonds. The SMILES string of the molecule is Cc1c(Br)c(C(=O)OC(C)(C)C)nn1C. The molecule has 0 aliphatic heterocycles. The minimum Gasteiger partial charge on any atom is -0.455 e. The molecule has 0 aliphatic carbocycles. The minimum absolute atomic E-state index is 0.324. The summed E-state index contributed by atoms with van der Waals surface area (Å²) in [7, 11) is 1.79. The van der Waals surface area contributed by atoms with Gasteiger partial charge in [-0.25, -0.2) is 4.79 Å². The van der Waals surface area contributed by atoms with Crippen LogP contribution in [0, 0.1) is 6.92 Å². The van der Waals surface area contributed by atoms with E-state index in [4.69, 9.17) is 4.74 Å². The van der Waals surface area contributed by atoms with Crippen LogP contribution in [0.3, 0.4) is 0 Å². The van der Waals surface area contributed by atoms with Crippen molar-refractivity contribution in [1.82, 2.24) is 9.78 Å². The molecule has 1 rings (SSSR count). The number of carbonyl (C=O) groups is 1. The largest absolute Gasteiger partial charge is 0.455 e. The van der Waals surface area contributed by atoms with Crippen molar-refractivity contribution in [3.8, 4) is 0 Å². The number of aromatic nitrogens is 2. The highest BCUT2D eigenvalue weighted by Gasteiger charge is 2.23. The van der Waals surface area contributed by atoms with E-state index in [2.05, 4.69) is 21.0 Å². The minimum atomic E-state index is -0.498. The van der Waals surface area contributed by atoms with Crippen molar-refractivity contribution in [2.75, 3.05) is 0 Å². The molecule has 0 saturated carbocycles. The molecule has 0 saturated heterocycles. The molecule has 15 heavy (non-hydrogen) atoms. The molecule has 1 aromatic rings. The number of rotatable bonds is 1. The van der Waals surface area contributed by atoms with Crippen molar-refractivity contribution in [3.63, 3.8) is 0 Å². The predicted molar refractivity (Wildman–Crippen MR) is 60.8 cm³/mol. The van der Waals surface area contributed by atoms with Gasteiger partial charge in [0, 0.05) is 7.05 Å². The Morgan fingerprint density at radius 1 is 1.47 bits per heavy atom. The van der Waals surface area contributed by atoms with Gasteiger partial charge in [-0.1, -0.05) is 0 Å². The second-order valence-electron chi connectivity index (χ2n) is 4.37.